The van der Waals surface area contributed by atoms with E-state index in [-0.39, 0.29) is 0 Å². The minimum atomic E-state index is 0.752. The Hall–Kier alpha value is -1.98. The van der Waals surface area contributed by atoms with Gasteiger partial charge in [0.1, 0.15) is 10.9 Å². The second kappa shape index (κ2) is 5.91. The van der Waals surface area contributed by atoms with Crippen molar-refractivity contribution in [2.45, 2.75) is 24.1 Å². The Morgan fingerprint density at radius 3 is 2.87 bits per heavy atom. The highest BCUT2D eigenvalue weighted by Gasteiger charge is 2.15. The third-order valence-electron chi connectivity index (χ3n) is 3.79. The van der Waals surface area contributed by atoms with Crippen molar-refractivity contribution in [3.8, 4) is 0 Å². The van der Waals surface area contributed by atoms with Gasteiger partial charge in [0.2, 0.25) is 0 Å². The normalized spacial score (nSPS) is 11.6. The fourth-order valence-corrected chi connectivity index (χ4v) is 3.88. The minimum absolute atomic E-state index is 0.752. The number of halogens is 1. The molecule has 3 aromatic heterocycles. The largest absolute Gasteiger partial charge is 0.463 e. The Bertz CT molecular complexity index is 992. The van der Waals surface area contributed by atoms with E-state index >= 15 is 0 Å². The van der Waals surface area contributed by atoms with Crippen molar-refractivity contribution in [2.75, 3.05) is 0 Å². The summed E-state index contributed by atoms with van der Waals surface area (Å²) in [5.41, 5.74) is 4.01. The molecule has 0 unspecified atom stereocenters. The predicted octanol–water partition coefficient (Wildman–Crippen LogP) is 4.98. The van der Waals surface area contributed by atoms with Crippen LogP contribution < -0.4 is 0 Å². The first-order chi connectivity index (χ1) is 11.3. The quantitative estimate of drug-likeness (QED) is 0.490. The third-order valence-corrected chi connectivity index (χ3v) is 5.18. The zero-order valence-corrected chi connectivity index (χ0v) is 14.1. The van der Waals surface area contributed by atoms with Crippen LogP contribution in [-0.2, 0) is 12.2 Å². The smallest absolute Gasteiger partial charge is 0.152 e. The number of aromatic nitrogens is 3. The van der Waals surface area contributed by atoms with Gasteiger partial charge < -0.3 is 4.42 Å². The Morgan fingerprint density at radius 2 is 2.04 bits per heavy atom. The molecule has 3 heterocycles. The molecular formula is C17H14ClN3OS. The van der Waals surface area contributed by atoms with Crippen LogP contribution in [0.15, 0.2) is 52.1 Å². The van der Waals surface area contributed by atoms with Crippen molar-refractivity contribution in [3.63, 3.8) is 0 Å². The van der Waals surface area contributed by atoms with E-state index in [1.165, 1.54) is 0 Å². The summed E-state index contributed by atoms with van der Waals surface area (Å²) in [7, 11) is 0. The first-order valence-electron chi connectivity index (χ1n) is 7.38. The van der Waals surface area contributed by atoms with Gasteiger partial charge in [-0.15, -0.1) is 10.2 Å². The van der Waals surface area contributed by atoms with Crippen LogP contribution in [0.5, 0.6) is 0 Å². The monoisotopic (exact) mass is 343 g/mol. The molecule has 4 aromatic rings. The van der Waals surface area contributed by atoms with Crippen LogP contribution in [0.3, 0.4) is 0 Å². The van der Waals surface area contributed by atoms with Gasteiger partial charge in [-0.1, -0.05) is 48.5 Å². The molecule has 0 amide bonds. The molecule has 0 aliphatic heterocycles. The lowest BCUT2D eigenvalue weighted by atomic mass is 10.2. The molecule has 0 atom stereocenters. The summed E-state index contributed by atoms with van der Waals surface area (Å²) in [5.74, 6) is 1.68. The summed E-state index contributed by atoms with van der Waals surface area (Å²) in [6.07, 6.45) is 2.52. The molecule has 0 saturated heterocycles. The fourth-order valence-electron chi connectivity index (χ4n) is 2.65. The molecule has 4 nitrogen and oxygen atoms in total. The maximum atomic E-state index is 6.23. The number of benzene rings is 1. The number of nitrogens with zero attached hydrogens (tertiary/aromatic N) is 3. The summed E-state index contributed by atoms with van der Waals surface area (Å²) < 4.78 is 7.66. The fraction of sp³-hybridized carbons (Fsp3) is 0.176. The van der Waals surface area contributed by atoms with Crippen molar-refractivity contribution in [2.24, 2.45) is 0 Å². The van der Waals surface area contributed by atoms with Crippen molar-refractivity contribution in [1.82, 2.24) is 14.6 Å². The number of rotatable bonds is 4. The summed E-state index contributed by atoms with van der Waals surface area (Å²) >= 11 is 7.87. The zero-order chi connectivity index (χ0) is 15.8. The molecule has 4 rings (SSSR count). The second-order valence-corrected chi connectivity index (χ2v) is 6.56. The molecule has 0 fully saturated rings. The number of thioether (sulfide) groups is 1. The average molecular weight is 344 g/mol. The highest BCUT2D eigenvalue weighted by molar-refractivity contribution is 7.98. The van der Waals surface area contributed by atoms with Crippen LogP contribution in [-0.4, -0.2) is 14.6 Å². The lowest BCUT2D eigenvalue weighted by Gasteiger charge is -2.07. The van der Waals surface area contributed by atoms with Crippen molar-refractivity contribution >= 4 is 40.0 Å². The molecular weight excluding hydrogens is 330 g/mol. The Balaban J connectivity index is 1.77. The van der Waals surface area contributed by atoms with E-state index in [0.717, 1.165) is 50.2 Å². The highest BCUT2D eigenvalue weighted by Crippen LogP contribution is 2.31. The van der Waals surface area contributed by atoms with E-state index in [4.69, 9.17) is 16.0 Å². The molecule has 0 saturated carbocycles. The summed E-state index contributed by atoms with van der Waals surface area (Å²) in [4.78, 5) is 0. The third kappa shape index (κ3) is 2.50. The molecule has 0 N–H and O–H groups in total. The molecule has 116 valence electrons. The first-order valence-corrected chi connectivity index (χ1v) is 8.74. The predicted molar refractivity (Wildman–Crippen MR) is 93.2 cm³/mol. The van der Waals surface area contributed by atoms with E-state index in [9.17, 15) is 0 Å². The van der Waals surface area contributed by atoms with Crippen LogP contribution in [0.2, 0.25) is 5.02 Å². The van der Waals surface area contributed by atoms with Gasteiger partial charge in [0.05, 0.1) is 17.3 Å². The van der Waals surface area contributed by atoms with Gasteiger partial charge in [-0.05, 0) is 11.6 Å². The maximum absolute atomic E-state index is 6.23. The van der Waals surface area contributed by atoms with Crippen LogP contribution in [0, 0.1) is 0 Å². The molecule has 0 aliphatic rings. The lowest BCUT2D eigenvalue weighted by molar-refractivity contribution is 0.616. The van der Waals surface area contributed by atoms with Gasteiger partial charge in [0, 0.05) is 29.3 Å². The number of hydrogen-bond donors (Lipinski definition) is 0. The Morgan fingerprint density at radius 1 is 1.17 bits per heavy atom. The molecule has 0 bridgehead atoms. The number of hydrogen-bond acceptors (Lipinski definition) is 4. The molecule has 23 heavy (non-hydrogen) atoms. The SMILES string of the molecule is CCc1nnc(SCc2ccccc2Cl)c2cc3occc3n12. The second-order valence-electron chi connectivity index (χ2n) is 5.19. The Kier molecular flexibility index (Phi) is 3.75. The van der Waals surface area contributed by atoms with Crippen LogP contribution in [0.4, 0.5) is 0 Å². The van der Waals surface area contributed by atoms with Gasteiger partial charge in [-0.25, -0.2) is 0 Å². The standard InChI is InChI=1S/C17H14ClN3OS/c1-2-16-19-20-17(23-10-11-5-3-4-6-12(11)18)14-9-15-13(21(14)16)7-8-22-15/h3-9H,2,10H2,1H3. The van der Waals surface area contributed by atoms with E-state index in [1.54, 1.807) is 18.0 Å². The zero-order valence-electron chi connectivity index (χ0n) is 12.5. The van der Waals surface area contributed by atoms with E-state index in [0.29, 0.717) is 0 Å². The van der Waals surface area contributed by atoms with Crippen LogP contribution >= 0.6 is 23.4 Å². The van der Waals surface area contributed by atoms with Gasteiger partial charge in [0.25, 0.3) is 0 Å². The lowest BCUT2D eigenvalue weighted by Crippen LogP contribution is -2.03. The number of aryl methyl sites for hydroxylation is 1. The van der Waals surface area contributed by atoms with Crippen LogP contribution in [0.1, 0.15) is 18.3 Å². The number of fused-ring (bicyclic) bond motifs is 3. The van der Waals surface area contributed by atoms with E-state index in [2.05, 4.69) is 21.5 Å². The van der Waals surface area contributed by atoms with E-state index < -0.39 is 0 Å². The van der Waals surface area contributed by atoms with Gasteiger partial charge in [-0.2, -0.15) is 0 Å². The van der Waals surface area contributed by atoms with Crippen molar-refractivity contribution in [3.05, 3.63) is 59.1 Å². The minimum Gasteiger partial charge on any atom is -0.463 e. The molecule has 6 heteroatoms. The molecule has 1 aromatic carbocycles. The van der Waals surface area contributed by atoms with Crippen molar-refractivity contribution in [1.29, 1.82) is 0 Å². The summed E-state index contributed by atoms with van der Waals surface area (Å²) in [5, 5.41) is 10.4. The highest BCUT2D eigenvalue weighted by atomic mass is 35.5. The topological polar surface area (TPSA) is 43.3 Å². The first kappa shape index (κ1) is 14.6. The summed E-state index contributed by atoms with van der Waals surface area (Å²) in [6.45, 7) is 2.08. The maximum Gasteiger partial charge on any atom is 0.152 e. The summed E-state index contributed by atoms with van der Waals surface area (Å²) in [6, 6.07) is 11.9. The van der Waals surface area contributed by atoms with Gasteiger partial charge >= 0.3 is 0 Å². The Labute approximate surface area is 142 Å². The average Bonchev–Trinajstić information content (AvgIpc) is 3.15. The number of furan rings is 1. The van der Waals surface area contributed by atoms with E-state index in [1.807, 2.05) is 36.4 Å². The van der Waals surface area contributed by atoms with Crippen LogP contribution in [0.25, 0.3) is 16.6 Å². The molecule has 0 spiro atoms. The van der Waals surface area contributed by atoms with Gasteiger partial charge in [-0.3, -0.25) is 4.40 Å². The van der Waals surface area contributed by atoms with Crippen molar-refractivity contribution < 1.29 is 4.42 Å². The van der Waals surface area contributed by atoms with Gasteiger partial charge in [0.15, 0.2) is 5.58 Å². The molecule has 0 aliphatic carbocycles. The molecule has 0 radical (unpaired) electrons.